The number of rotatable bonds is 6. The SMILES string of the molecule is NC(=O)COc1ccc(C=NNC(=O)c2cc3ccccc3o2)cc1Cl. The molecule has 0 radical (unpaired) electrons. The number of primary amides is 1. The van der Waals surface area contributed by atoms with E-state index in [0.29, 0.717) is 21.9 Å². The van der Waals surface area contributed by atoms with Crippen LogP contribution in [-0.4, -0.2) is 24.6 Å². The van der Waals surface area contributed by atoms with Crippen LogP contribution in [0.2, 0.25) is 5.02 Å². The highest BCUT2D eigenvalue weighted by molar-refractivity contribution is 6.32. The van der Waals surface area contributed by atoms with E-state index < -0.39 is 11.8 Å². The predicted molar refractivity (Wildman–Crippen MR) is 97.4 cm³/mol. The summed E-state index contributed by atoms with van der Waals surface area (Å²) in [6, 6.07) is 13.8. The van der Waals surface area contributed by atoms with Crippen molar-refractivity contribution in [1.29, 1.82) is 0 Å². The van der Waals surface area contributed by atoms with Gasteiger partial charge in [0.15, 0.2) is 12.4 Å². The summed E-state index contributed by atoms with van der Waals surface area (Å²) in [6.45, 7) is -0.263. The molecule has 0 spiro atoms. The minimum Gasteiger partial charge on any atom is -0.482 e. The molecular formula is C18H14ClN3O4. The van der Waals surface area contributed by atoms with Gasteiger partial charge in [-0.1, -0.05) is 29.8 Å². The van der Waals surface area contributed by atoms with Crippen molar-refractivity contribution in [2.75, 3.05) is 6.61 Å². The van der Waals surface area contributed by atoms with Crippen LogP contribution in [0, 0.1) is 0 Å². The van der Waals surface area contributed by atoms with Gasteiger partial charge in [-0.15, -0.1) is 0 Å². The Hall–Kier alpha value is -3.32. The van der Waals surface area contributed by atoms with E-state index >= 15 is 0 Å². The summed E-state index contributed by atoms with van der Waals surface area (Å²) < 4.78 is 10.6. The molecule has 3 N–H and O–H groups in total. The Kier molecular flexibility index (Phi) is 5.19. The number of hydrogen-bond donors (Lipinski definition) is 2. The molecule has 132 valence electrons. The Balaban J connectivity index is 1.63. The number of ether oxygens (including phenoxy) is 1. The molecule has 0 saturated carbocycles. The first-order valence-electron chi connectivity index (χ1n) is 7.55. The lowest BCUT2D eigenvalue weighted by atomic mass is 10.2. The molecular weight excluding hydrogens is 358 g/mol. The molecule has 8 heteroatoms. The van der Waals surface area contributed by atoms with Crippen LogP contribution in [0.3, 0.4) is 0 Å². The van der Waals surface area contributed by atoms with E-state index in [2.05, 4.69) is 10.5 Å². The van der Waals surface area contributed by atoms with Gasteiger partial charge in [0, 0.05) is 5.39 Å². The number of nitrogens with zero attached hydrogens (tertiary/aromatic N) is 1. The van der Waals surface area contributed by atoms with Gasteiger partial charge in [0.1, 0.15) is 11.3 Å². The zero-order chi connectivity index (χ0) is 18.5. The van der Waals surface area contributed by atoms with Crippen LogP contribution in [0.25, 0.3) is 11.0 Å². The lowest BCUT2D eigenvalue weighted by molar-refractivity contribution is -0.119. The average Bonchev–Trinajstić information content (AvgIpc) is 3.05. The third-order valence-electron chi connectivity index (χ3n) is 3.35. The van der Waals surface area contributed by atoms with Gasteiger partial charge in [0.2, 0.25) is 0 Å². The van der Waals surface area contributed by atoms with Crippen molar-refractivity contribution in [2.24, 2.45) is 10.8 Å². The van der Waals surface area contributed by atoms with E-state index in [1.165, 1.54) is 6.21 Å². The van der Waals surface area contributed by atoms with Crippen molar-refractivity contribution in [2.45, 2.75) is 0 Å². The highest BCUT2D eigenvalue weighted by atomic mass is 35.5. The van der Waals surface area contributed by atoms with Gasteiger partial charge in [-0.25, -0.2) is 5.43 Å². The fourth-order valence-electron chi connectivity index (χ4n) is 2.18. The number of hydrazone groups is 1. The number of fused-ring (bicyclic) bond motifs is 1. The summed E-state index contributed by atoms with van der Waals surface area (Å²) in [5.74, 6) is -0.574. The number of carbonyl (C=O) groups is 2. The van der Waals surface area contributed by atoms with E-state index in [0.717, 1.165) is 5.39 Å². The first kappa shape index (κ1) is 17.5. The van der Waals surface area contributed by atoms with Crippen molar-refractivity contribution in [3.63, 3.8) is 0 Å². The first-order valence-corrected chi connectivity index (χ1v) is 7.93. The van der Waals surface area contributed by atoms with Crippen molar-refractivity contribution in [3.8, 4) is 5.75 Å². The maximum absolute atomic E-state index is 12.1. The largest absolute Gasteiger partial charge is 0.482 e. The fourth-order valence-corrected chi connectivity index (χ4v) is 2.42. The number of hydrogen-bond acceptors (Lipinski definition) is 5. The van der Waals surface area contributed by atoms with E-state index in [1.807, 2.05) is 18.2 Å². The minimum absolute atomic E-state index is 0.164. The monoisotopic (exact) mass is 371 g/mol. The second-order valence-electron chi connectivity index (χ2n) is 5.29. The van der Waals surface area contributed by atoms with Crippen LogP contribution in [0.4, 0.5) is 0 Å². The van der Waals surface area contributed by atoms with E-state index in [9.17, 15) is 9.59 Å². The number of furan rings is 1. The number of amides is 2. The number of nitrogens with one attached hydrogen (secondary N) is 1. The molecule has 0 saturated heterocycles. The molecule has 0 fully saturated rings. The Morgan fingerprint density at radius 3 is 2.77 bits per heavy atom. The second-order valence-corrected chi connectivity index (χ2v) is 5.70. The van der Waals surface area contributed by atoms with Crippen molar-refractivity contribution in [1.82, 2.24) is 5.43 Å². The maximum Gasteiger partial charge on any atom is 0.307 e. The average molecular weight is 372 g/mol. The van der Waals surface area contributed by atoms with Crippen molar-refractivity contribution in [3.05, 3.63) is 64.9 Å². The molecule has 0 bridgehead atoms. The highest BCUT2D eigenvalue weighted by Crippen LogP contribution is 2.24. The van der Waals surface area contributed by atoms with Gasteiger partial charge < -0.3 is 14.9 Å². The van der Waals surface area contributed by atoms with E-state index in [-0.39, 0.29) is 12.4 Å². The molecule has 1 aromatic heterocycles. The number of carbonyl (C=O) groups excluding carboxylic acids is 2. The Morgan fingerprint density at radius 1 is 1.23 bits per heavy atom. The van der Waals surface area contributed by atoms with Crippen LogP contribution in [0.1, 0.15) is 16.1 Å². The summed E-state index contributed by atoms with van der Waals surface area (Å²) in [4.78, 5) is 22.8. The summed E-state index contributed by atoms with van der Waals surface area (Å²) in [5, 5.41) is 5.00. The standard InChI is InChI=1S/C18H14ClN3O4/c19-13-7-11(5-6-15(13)25-10-17(20)23)9-21-22-18(24)16-8-12-3-1-2-4-14(12)26-16/h1-9H,10H2,(H2,20,23)(H,22,24). The molecule has 2 aromatic carbocycles. The normalized spacial score (nSPS) is 11.0. The molecule has 3 rings (SSSR count). The van der Waals surface area contributed by atoms with Crippen LogP contribution in [0.15, 0.2) is 58.0 Å². The number of halogens is 1. The third kappa shape index (κ3) is 4.20. The predicted octanol–water partition coefficient (Wildman–Crippen LogP) is 2.71. The summed E-state index contributed by atoms with van der Waals surface area (Å²) in [5.41, 5.74) is 8.65. The zero-order valence-corrected chi connectivity index (χ0v) is 14.2. The molecule has 1 heterocycles. The summed E-state index contributed by atoms with van der Waals surface area (Å²) in [6.07, 6.45) is 1.42. The van der Waals surface area contributed by atoms with Crippen LogP contribution in [-0.2, 0) is 4.79 Å². The molecule has 0 aliphatic heterocycles. The van der Waals surface area contributed by atoms with Gasteiger partial charge in [0.25, 0.3) is 5.91 Å². The lowest BCUT2D eigenvalue weighted by Gasteiger charge is -2.06. The number of nitrogens with two attached hydrogens (primary N) is 1. The molecule has 0 aliphatic rings. The molecule has 2 amide bonds. The molecule has 7 nitrogen and oxygen atoms in total. The van der Waals surface area contributed by atoms with E-state index in [4.69, 9.17) is 26.5 Å². The Labute approximate surface area is 153 Å². The first-order chi connectivity index (χ1) is 12.5. The van der Waals surface area contributed by atoms with Gasteiger partial charge in [0.05, 0.1) is 11.2 Å². The quantitative estimate of drug-likeness (QED) is 0.513. The minimum atomic E-state index is -0.597. The second kappa shape index (κ2) is 7.71. The highest BCUT2D eigenvalue weighted by Gasteiger charge is 2.11. The fraction of sp³-hybridized carbons (Fsp3) is 0.0556. The Morgan fingerprint density at radius 2 is 2.04 bits per heavy atom. The van der Waals surface area contributed by atoms with Gasteiger partial charge in [-0.05, 0) is 35.9 Å². The van der Waals surface area contributed by atoms with Crippen molar-refractivity contribution >= 4 is 40.6 Å². The third-order valence-corrected chi connectivity index (χ3v) is 3.65. The Bertz CT molecular complexity index is 964. The maximum atomic E-state index is 12.1. The van der Waals surface area contributed by atoms with Crippen molar-refractivity contribution < 1.29 is 18.7 Å². The van der Waals surface area contributed by atoms with Crippen LogP contribution in [0.5, 0.6) is 5.75 Å². The topological polar surface area (TPSA) is 107 Å². The number of benzene rings is 2. The van der Waals surface area contributed by atoms with Gasteiger partial charge in [-0.2, -0.15) is 5.10 Å². The molecule has 26 heavy (non-hydrogen) atoms. The summed E-state index contributed by atoms with van der Waals surface area (Å²) in [7, 11) is 0. The smallest absolute Gasteiger partial charge is 0.307 e. The lowest BCUT2D eigenvalue weighted by Crippen LogP contribution is -2.20. The molecule has 3 aromatic rings. The van der Waals surface area contributed by atoms with Crippen LogP contribution < -0.4 is 15.9 Å². The zero-order valence-electron chi connectivity index (χ0n) is 13.4. The van der Waals surface area contributed by atoms with Gasteiger partial charge in [-0.3, -0.25) is 9.59 Å². The molecule has 0 aliphatic carbocycles. The molecule has 0 unspecified atom stereocenters. The van der Waals surface area contributed by atoms with E-state index in [1.54, 1.807) is 30.3 Å². The number of para-hydroxylation sites is 1. The van der Waals surface area contributed by atoms with Gasteiger partial charge >= 0.3 is 5.91 Å². The van der Waals surface area contributed by atoms with Crippen LogP contribution >= 0.6 is 11.6 Å². The molecule has 0 atom stereocenters. The summed E-state index contributed by atoms with van der Waals surface area (Å²) >= 11 is 6.05.